The monoisotopic (exact) mass is 341 g/mol. The Bertz CT molecular complexity index is 772. The molecule has 0 bridgehead atoms. The smallest absolute Gasteiger partial charge is 0.270 e. The molecule has 21 heavy (non-hydrogen) atoms. The normalized spacial score (nSPS) is 10.0. The van der Waals surface area contributed by atoms with E-state index < -0.39 is 4.92 Å². The van der Waals surface area contributed by atoms with E-state index in [2.05, 4.69) is 5.32 Å². The number of hydrogen-bond acceptors (Lipinski definition) is 4. The molecule has 0 saturated carbocycles. The fraction of sp³-hybridized carbons (Fsp3) is 0. The van der Waals surface area contributed by atoms with Crippen molar-refractivity contribution in [1.29, 1.82) is 5.26 Å². The van der Waals surface area contributed by atoms with E-state index in [4.69, 9.17) is 40.1 Å². The highest BCUT2D eigenvalue weighted by Gasteiger charge is 2.12. The van der Waals surface area contributed by atoms with E-state index in [9.17, 15) is 10.1 Å². The Kier molecular flexibility index (Phi) is 4.53. The van der Waals surface area contributed by atoms with E-state index in [1.807, 2.05) is 6.07 Å². The zero-order valence-corrected chi connectivity index (χ0v) is 12.5. The Labute approximate surface area is 134 Å². The maximum absolute atomic E-state index is 10.7. The van der Waals surface area contributed by atoms with Crippen LogP contribution in [0.3, 0.4) is 0 Å². The summed E-state index contributed by atoms with van der Waals surface area (Å²) in [5, 5.41) is 23.6. The molecule has 0 aromatic heterocycles. The van der Waals surface area contributed by atoms with E-state index in [0.29, 0.717) is 26.4 Å². The minimum Gasteiger partial charge on any atom is -0.353 e. The van der Waals surface area contributed by atoms with Crippen LogP contribution in [0.25, 0.3) is 0 Å². The molecule has 8 heteroatoms. The van der Waals surface area contributed by atoms with Crippen LogP contribution in [0, 0.1) is 21.4 Å². The minimum absolute atomic E-state index is 0.117. The Morgan fingerprint density at radius 1 is 1.05 bits per heavy atom. The lowest BCUT2D eigenvalue weighted by Crippen LogP contribution is -1.96. The highest BCUT2D eigenvalue weighted by Crippen LogP contribution is 2.35. The molecule has 0 saturated heterocycles. The van der Waals surface area contributed by atoms with Crippen molar-refractivity contribution in [2.24, 2.45) is 0 Å². The van der Waals surface area contributed by atoms with Gasteiger partial charge in [-0.3, -0.25) is 10.1 Å². The number of hydrogen-bond donors (Lipinski definition) is 1. The fourth-order valence-corrected chi connectivity index (χ4v) is 2.20. The molecule has 0 atom stereocenters. The zero-order valence-electron chi connectivity index (χ0n) is 10.2. The number of nitriles is 1. The molecule has 0 unspecified atom stereocenters. The quantitative estimate of drug-likeness (QED) is 0.474. The van der Waals surface area contributed by atoms with Gasteiger partial charge < -0.3 is 5.32 Å². The molecule has 2 rings (SSSR count). The van der Waals surface area contributed by atoms with Crippen molar-refractivity contribution in [2.45, 2.75) is 0 Å². The van der Waals surface area contributed by atoms with Crippen molar-refractivity contribution in [3.05, 3.63) is 61.1 Å². The van der Waals surface area contributed by atoms with Gasteiger partial charge in [0.2, 0.25) is 0 Å². The van der Waals surface area contributed by atoms with Crippen molar-refractivity contribution in [1.82, 2.24) is 0 Å². The van der Waals surface area contributed by atoms with Gasteiger partial charge in [-0.15, -0.1) is 0 Å². The van der Waals surface area contributed by atoms with Gasteiger partial charge in [-0.25, -0.2) is 0 Å². The van der Waals surface area contributed by atoms with Crippen molar-refractivity contribution in [3.63, 3.8) is 0 Å². The van der Waals surface area contributed by atoms with Gasteiger partial charge >= 0.3 is 0 Å². The summed E-state index contributed by atoms with van der Waals surface area (Å²) in [5.74, 6) is 0. The summed E-state index contributed by atoms with van der Waals surface area (Å²) in [6, 6.07) is 8.75. The van der Waals surface area contributed by atoms with Gasteiger partial charge in [0, 0.05) is 12.1 Å². The van der Waals surface area contributed by atoms with Gasteiger partial charge in [-0.1, -0.05) is 34.8 Å². The second-order valence-electron chi connectivity index (χ2n) is 3.97. The topological polar surface area (TPSA) is 79.0 Å². The fourth-order valence-electron chi connectivity index (χ4n) is 1.61. The molecule has 0 spiro atoms. The van der Waals surface area contributed by atoms with Crippen LogP contribution in [-0.2, 0) is 0 Å². The maximum Gasteiger partial charge on any atom is 0.270 e. The number of nitrogens with zero attached hydrogens (tertiary/aromatic N) is 2. The van der Waals surface area contributed by atoms with E-state index in [0.717, 1.165) is 0 Å². The molecule has 0 aliphatic heterocycles. The predicted molar refractivity (Wildman–Crippen MR) is 82.6 cm³/mol. The number of benzene rings is 2. The molecule has 5 nitrogen and oxygen atoms in total. The number of anilines is 2. The van der Waals surface area contributed by atoms with Gasteiger partial charge in [-0.2, -0.15) is 5.26 Å². The summed E-state index contributed by atoms with van der Waals surface area (Å²) in [6.07, 6.45) is 0. The van der Waals surface area contributed by atoms with Crippen molar-refractivity contribution in [3.8, 4) is 6.07 Å². The van der Waals surface area contributed by atoms with Crippen molar-refractivity contribution >= 4 is 51.9 Å². The molecule has 0 aliphatic rings. The first-order valence-corrected chi connectivity index (χ1v) is 6.66. The second-order valence-corrected chi connectivity index (χ2v) is 5.19. The van der Waals surface area contributed by atoms with Crippen LogP contribution in [0.2, 0.25) is 15.1 Å². The Balaban J connectivity index is 2.43. The Hall–Kier alpha value is -2.00. The van der Waals surface area contributed by atoms with Crippen molar-refractivity contribution < 1.29 is 4.92 Å². The summed E-state index contributed by atoms with van der Waals surface area (Å²) in [7, 11) is 0. The molecule has 0 radical (unpaired) electrons. The molecule has 0 amide bonds. The molecule has 2 aromatic carbocycles. The van der Waals surface area contributed by atoms with Crippen LogP contribution in [0.4, 0.5) is 17.1 Å². The highest BCUT2D eigenvalue weighted by atomic mass is 35.5. The standard InChI is InChI=1S/C13H6Cl3N3O2/c14-9-4-11(16)13(5-10(9)15)18-12-2-1-8(19(20)21)3-7(12)6-17/h1-5,18H. The van der Waals surface area contributed by atoms with E-state index in [1.54, 1.807) is 0 Å². The Morgan fingerprint density at radius 2 is 1.71 bits per heavy atom. The predicted octanol–water partition coefficient (Wildman–Crippen LogP) is 5.17. The van der Waals surface area contributed by atoms with Crippen LogP contribution in [0.5, 0.6) is 0 Å². The second kappa shape index (κ2) is 6.19. The SMILES string of the molecule is N#Cc1cc([N+](=O)[O-])ccc1Nc1cc(Cl)c(Cl)cc1Cl. The molecular formula is C13H6Cl3N3O2. The number of halogens is 3. The summed E-state index contributed by atoms with van der Waals surface area (Å²) in [5.41, 5.74) is 0.767. The minimum atomic E-state index is -0.573. The maximum atomic E-state index is 10.7. The highest BCUT2D eigenvalue weighted by molar-refractivity contribution is 6.44. The molecule has 1 N–H and O–H groups in total. The summed E-state index contributed by atoms with van der Waals surface area (Å²) >= 11 is 17.8. The van der Waals surface area contributed by atoms with Crippen LogP contribution in [-0.4, -0.2) is 4.92 Å². The molecule has 0 fully saturated rings. The lowest BCUT2D eigenvalue weighted by molar-refractivity contribution is -0.384. The number of nitrogens with one attached hydrogen (secondary N) is 1. The molecule has 0 heterocycles. The van der Waals surface area contributed by atoms with E-state index >= 15 is 0 Å². The third-order valence-electron chi connectivity index (χ3n) is 2.61. The first-order valence-electron chi connectivity index (χ1n) is 5.52. The van der Waals surface area contributed by atoms with Gasteiger partial charge in [0.1, 0.15) is 6.07 Å². The average Bonchev–Trinajstić information content (AvgIpc) is 2.44. The molecule has 0 aliphatic carbocycles. The lowest BCUT2D eigenvalue weighted by atomic mass is 10.1. The summed E-state index contributed by atoms with van der Waals surface area (Å²) in [6.45, 7) is 0. The van der Waals surface area contributed by atoms with E-state index in [-0.39, 0.29) is 11.3 Å². The largest absolute Gasteiger partial charge is 0.353 e. The third-order valence-corrected chi connectivity index (χ3v) is 3.65. The summed E-state index contributed by atoms with van der Waals surface area (Å²) < 4.78 is 0. The summed E-state index contributed by atoms with van der Waals surface area (Å²) in [4.78, 5) is 10.1. The van der Waals surface area contributed by atoms with Crippen LogP contribution < -0.4 is 5.32 Å². The van der Waals surface area contributed by atoms with Crippen LogP contribution >= 0.6 is 34.8 Å². The third kappa shape index (κ3) is 3.37. The Morgan fingerprint density at radius 3 is 2.33 bits per heavy atom. The first-order chi connectivity index (χ1) is 9.92. The van der Waals surface area contributed by atoms with Crippen LogP contribution in [0.15, 0.2) is 30.3 Å². The first kappa shape index (κ1) is 15.4. The van der Waals surface area contributed by atoms with Gasteiger partial charge in [0.05, 0.1) is 36.9 Å². The average molecular weight is 343 g/mol. The molecular weight excluding hydrogens is 337 g/mol. The van der Waals surface area contributed by atoms with Gasteiger partial charge in [0.25, 0.3) is 5.69 Å². The van der Waals surface area contributed by atoms with Crippen LogP contribution in [0.1, 0.15) is 5.56 Å². The van der Waals surface area contributed by atoms with Gasteiger partial charge in [0.15, 0.2) is 0 Å². The number of non-ortho nitro benzene ring substituents is 1. The van der Waals surface area contributed by atoms with Gasteiger partial charge in [-0.05, 0) is 18.2 Å². The lowest BCUT2D eigenvalue weighted by Gasteiger charge is -2.11. The number of rotatable bonds is 3. The van der Waals surface area contributed by atoms with Crippen molar-refractivity contribution in [2.75, 3.05) is 5.32 Å². The number of nitro benzene ring substituents is 1. The van der Waals surface area contributed by atoms with E-state index in [1.165, 1.54) is 30.3 Å². The zero-order chi connectivity index (χ0) is 15.6. The molecule has 106 valence electrons. The molecule has 2 aromatic rings. The number of nitro groups is 1.